The van der Waals surface area contributed by atoms with E-state index in [9.17, 15) is 4.79 Å². The molecule has 48 valence electrons. The molecule has 1 aliphatic rings. The predicted molar refractivity (Wildman–Crippen MR) is 30.3 cm³/mol. The van der Waals surface area contributed by atoms with Crippen molar-refractivity contribution in [3.8, 4) is 0 Å². The second kappa shape index (κ2) is 2.35. The smallest absolute Gasteiger partial charge is 0.336 e. The van der Waals surface area contributed by atoms with Crippen molar-refractivity contribution < 1.29 is 14.3 Å². The zero-order valence-electron chi connectivity index (χ0n) is 4.96. The Labute approximate surface area is 52.6 Å². The molecule has 0 saturated heterocycles. The molecule has 0 aromatic heterocycles. The van der Waals surface area contributed by atoms with Gasteiger partial charge in [0.1, 0.15) is 6.26 Å². The average molecular weight is 126 g/mol. The van der Waals surface area contributed by atoms with Crippen molar-refractivity contribution in [3.05, 3.63) is 24.2 Å². The summed E-state index contributed by atoms with van der Waals surface area (Å²) in [6.45, 7) is 0. The van der Waals surface area contributed by atoms with Crippen LogP contribution in [0.4, 0.5) is 0 Å². The van der Waals surface area contributed by atoms with Gasteiger partial charge in [0.25, 0.3) is 0 Å². The number of carbonyl (C=O) groups is 1. The van der Waals surface area contributed by atoms with Crippen molar-refractivity contribution in [1.29, 1.82) is 0 Å². The van der Waals surface area contributed by atoms with Gasteiger partial charge in [-0.1, -0.05) is 0 Å². The fraction of sp³-hybridized carbons (Fsp3) is 0.167. The van der Waals surface area contributed by atoms with E-state index in [1.54, 1.807) is 6.08 Å². The number of rotatable bonds is 1. The first-order chi connectivity index (χ1) is 4.33. The predicted octanol–water partition coefficient (Wildman–Crippen LogP) is 0.587. The van der Waals surface area contributed by atoms with Crippen molar-refractivity contribution >= 4 is 5.97 Å². The molecule has 1 aliphatic heterocycles. The monoisotopic (exact) mass is 126 g/mol. The Bertz CT molecular complexity index is 179. The molecule has 0 atom stereocenters. The molecule has 0 N–H and O–H groups in total. The highest BCUT2D eigenvalue weighted by Gasteiger charge is 2.08. The first-order valence-electron chi connectivity index (χ1n) is 2.46. The Kier molecular flexibility index (Phi) is 1.53. The van der Waals surface area contributed by atoms with Crippen molar-refractivity contribution in [2.75, 3.05) is 7.11 Å². The third-order valence-corrected chi connectivity index (χ3v) is 0.836. The Hall–Kier alpha value is -1.25. The van der Waals surface area contributed by atoms with Crippen LogP contribution in [-0.2, 0) is 14.3 Å². The molecule has 0 fully saturated rings. The molecule has 3 nitrogen and oxygen atoms in total. The molecule has 0 amide bonds. The number of hydrogen-bond acceptors (Lipinski definition) is 3. The van der Waals surface area contributed by atoms with E-state index in [-0.39, 0.29) is 5.97 Å². The zero-order chi connectivity index (χ0) is 6.69. The first-order valence-corrected chi connectivity index (χ1v) is 2.46. The minimum atomic E-state index is -0.349. The summed E-state index contributed by atoms with van der Waals surface area (Å²) < 4.78 is 9.17. The number of cyclic esters (lactones) is 1. The topological polar surface area (TPSA) is 35.5 Å². The van der Waals surface area contributed by atoms with E-state index in [4.69, 9.17) is 0 Å². The SMILES string of the molecule is COC=C1C=CC(=O)O1. The van der Waals surface area contributed by atoms with Gasteiger partial charge in [0, 0.05) is 6.08 Å². The van der Waals surface area contributed by atoms with Gasteiger partial charge in [-0.25, -0.2) is 4.79 Å². The van der Waals surface area contributed by atoms with Gasteiger partial charge < -0.3 is 9.47 Å². The van der Waals surface area contributed by atoms with Crippen molar-refractivity contribution in [2.45, 2.75) is 0 Å². The van der Waals surface area contributed by atoms with Gasteiger partial charge in [-0.15, -0.1) is 0 Å². The number of hydrogen-bond donors (Lipinski definition) is 0. The lowest BCUT2D eigenvalue weighted by Crippen LogP contribution is -1.90. The lowest BCUT2D eigenvalue weighted by atomic mass is 10.5. The fourth-order valence-electron chi connectivity index (χ4n) is 0.514. The van der Waals surface area contributed by atoms with Crippen LogP contribution in [0, 0.1) is 0 Å². The molecule has 0 aromatic rings. The van der Waals surface area contributed by atoms with Gasteiger partial charge in [-0.3, -0.25) is 0 Å². The van der Waals surface area contributed by atoms with Gasteiger partial charge >= 0.3 is 5.97 Å². The molecule has 3 heteroatoms. The van der Waals surface area contributed by atoms with Crippen LogP contribution in [0.15, 0.2) is 24.2 Å². The van der Waals surface area contributed by atoms with Crippen LogP contribution in [0.1, 0.15) is 0 Å². The molecule has 0 unspecified atom stereocenters. The largest absolute Gasteiger partial charge is 0.500 e. The molecular formula is C6H6O3. The molecule has 0 bridgehead atoms. The van der Waals surface area contributed by atoms with Crippen LogP contribution in [-0.4, -0.2) is 13.1 Å². The lowest BCUT2D eigenvalue weighted by Gasteiger charge is -1.92. The van der Waals surface area contributed by atoms with E-state index < -0.39 is 0 Å². The van der Waals surface area contributed by atoms with Gasteiger partial charge in [-0.2, -0.15) is 0 Å². The highest BCUT2D eigenvalue weighted by Crippen LogP contribution is 2.07. The molecule has 9 heavy (non-hydrogen) atoms. The van der Waals surface area contributed by atoms with E-state index in [1.165, 1.54) is 19.4 Å². The van der Waals surface area contributed by atoms with Crippen LogP contribution in [0.5, 0.6) is 0 Å². The number of esters is 1. The zero-order valence-corrected chi connectivity index (χ0v) is 4.96. The van der Waals surface area contributed by atoms with Crippen LogP contribution >= 0.6 is 0 Å². The molecule has 0 radical (unpaired) electrons. The van der Waals surface area contributed by atoms with Crippen LogP contribution in [0.25, 0.3) is 0 Å². The maximum Gasteiger partial charge on any atom is 0.336 e. The summed E-state index contributed by atoms with van der Waals surface area (Å²) in [6, 6.07) is 0. The molecule has 0 aliphatic carbocycles. The van der Waals surface area contributed by atoms with Crippen molar-refractivity contribution in [1.82, 2.24) is 0 Å². The van der Waals surface area contributed by atoms with Crippen molar-refractivity contribution in [3.63, 3.8) is 0 Å². The van der Waals surface area contributed by atoms with Crippen LogP contribution in [0.2, 0.25) is 0 Å². The highest BCUT2D eigenvalue weighted by atomic mass is 16.6. The van der Waals surface area contributed by atoms with Gasteiger partial charge in [0.15, 0.2) is 5.76 Å². The molecular weight excluding hydrogens is 120 g/mol. The maximum atomic E-state index is 10.3. The lowest BCUT2D eigenvalue weighted by molar-refractivity contribution is -0.132. The average Bonchev–Trinajstić information content (AvgIpc) is 2.17. The summed E-state index contributed by atoms with van der Waals surface area (Å²) in [7, 11) is 1.49. The summed E-state index contributed by atoms with van der Waals surface area (Å²) in [4.78, 5) is 10.3. The quantitative estimate of drug-likeness (QED) is 0.381. The van der Waals surface area contributed by atoms with Crippen LogP contribution in [0.3, 0.4) is 0 Å². The van der Waals surface area contributed by atoms with E-state index in [2.05, 4.69) is 9.47 Å². The minimum Gasteiger partial charge on any atom is -0.500 e. The number of methoxy groups -OCH3 is 1. The van der Waals surface area contributed by atoms with E-state index in [0.29, 0.717) is 5.76 Å². The van der Waals surface area contributed by atoms with Gasteiger partial charge in [-0.05, 0) is 6.08 Å². The molecule has 0 saturated carbocycles. The fourth-order valence-corrected chi connectivity index (χ4v) is 0.514. The van der Waals surface area contributed by atoms with Gasteiger partial charge in [0.05, 0.1) is 7.11 Å². The van der Waals surface area contributed by atoms with Crippen LogP contribution < -0.4 is 0 Å². The normalized spacial score (nSPS) is 20.6. The Morgan fingerprint density at radius 1 is 1.67 bits per heavy atom. The summed E-state index contributed by atoms with van der Waals surface area (Å²) >= 11 is 0. The Balaban J connectivity index is 2.60. The molecule has 1 heterocycles. The number of ether oxygens (including phenoxy) is 2. The summed E-state index contributed by atoms with van der Waals surface area (Å²) in [5.74, 6) is 0.0980. The number of carbonyl (C=O) groups excluding carboxylic acids is 1. The minimum absolute atomic E-state index is 0.349. The van der Waals surface area contributed by atoms with E-state index in [1.807, 2.05) is 0 Å². The van der Waals surface area contributed by atoms with E-state index >= 15 is 0 Å². The molecule has 1 rings (SSSR count). The molecule has 0 spiro atoms. The Morgan fingerprint density at radius 3 is 2.89 bits per heavy atom. The third-order valence-electron chi connectivity index (χ3n) is 0.836. The first kappa shape index (κ1) is 5.88. The Morgan fingerprint density at radius 2 is 2.44 bits per heavy atom. The van der Waals surface area contributed by atoms with Gasteiger partial charge in [0.2, 0.25) is 0 Å². The van der Waals surface area contributed by atoms with Crippen molar-refractivity contribution in [2.24, 2.45) is 0 Å². The maximum absolute atomic E-state index is 10.3. The standard InChI is InChI=1S/C6H6O3/c1-8-4-5-2-3-6(7)9-5/h2-4H,1H3. The highest BCUT2D eigenvalue weighted by molar-refractivity contribution is 5.86. The summed E-state index contributed by atoms with van der Waals surface area (Å²) in [6.07, 6.45) is 4.25. The summed E-state index contributed by atoms with van der Waals surface area (Å²) in [5, 5.41) is 0. The number of allylic oxidation sites excluding steroid dienone is 1. The second-order valence-corrected chi connectivity index (χ2v) is 1.51. The second-order valence-electron chi connectivity index (χ2n) is 1.51. The summed E-state index contributed by atoms with van der Waals surface area (Å²) in [5.41, 5.74) is 0. The van der Waals surface area contributed by atoms with E-state index in [0.717, 1.165) is 0 Å². The third kappa shape index (κ3) is 1.32. The molecule has 0 aromatic carbocycles.